The van der Waals surface area contributed by atoms with Crippen molar-refractivity contribution in [3.8, 4) is 11.3 Å². The Hall–Kier alpha value is -1.57. The highest BCUT2D eigenvalue weighted by molar-refractivity contribution is 5.66. The first-order valence-corrected chi connectivity index (χ1v) is 5.63. The third-order valence-corrected chi connectivity index (χ3v) is 2.88. The zero-order valence-electron chi connectivity index (χ0n) is 10.2. The molecular formula is C14H17NO. The van der Waals surface area contributed by atoms with E-state index in [1.807, 2.05) is 19.1 Å². The van der Waals surface area contributed by atoms with Gasteiger partial charge in [-0.1, -0.05) is 43.3 Å². The molecule has 2 heteroatoms. The van der Waals surface area contributed by atoms with Crippen LogP contribution in [-0.4, -0.2) is 5.16 Å². The molecular weight excluding hydrogens is 198 g/mol. The Balaban J connectivity index is 2.61. The maximum Gasteiger partial charge on any atom is 0.170 e. The molecule has 0 radical (unpaired) electrons. The third kappa shape index (κ3) is 1.75. The lowest BCUT2D eigenvalue weighted by atomic mass is 9.95. The van der Waals surface area contributed by atoms with Gasteiger partial charge in [0.25, 0.3) is 0 Å². The largest absolute Gasteiger partial charge is 0.356 e. The summed E-state index contributed by atoms with van der Waals surface area (Å²) in [7, 11) is 0. The number of hydrogen-bond donors (Lipinski definition) is 0. The molecule has 84 valence electrons. The topological polar surface area (TPSA) is 26.0 Å². The van der Waals surface area contributed by atoms with E-state index in [2.05, 4.69) is 38.1 Å². The van der Waals surface area contributed by atoms with Crippen LogP contribution in [-0.2, 0) is 0 Å². The van der Waals surface area contributed by atoms with Gasteiger partial charge >= 0.3 is 0 Å². The molecule has 2 nitrogen and oxygen atoms in total. The summed E-state index contributed by atoms with van der Waals surface area (Å²) >= 11 is 0. The summed E-state index contributed by atoms with van der Waals surface area (Å²) in [5.41, 5.74) is 4.58. The molecule has 0 atom stereocenters. The normalized spacial score (nSPS) is 11.1. The molecule has 0 fully saturated rings. The molecule has 16 heavy (non-hydrogen) atoms. The Morgan fingerprint density at radius 2 is 1.81 bits per heavy atom. The average molecular weight is 215 g/mol. The zero-order chi connectivity index (χ0) is 11.7. The molecule has 0 aliphatic heterocycles. The number of aromatic nitrogens is 1. The van der Waals surface area contributed by atoms with Crippen LogP contribution >= 0.6 is 0 Å². The molecule has 0 aliphatic carbocycles. The van der Waals surface area contributed by atoms with Crippen LogP contribution in [0.4, 0.5) is 0 Å². The molecule has 0 unspecified atom stereocenters. The van der Waals surface area contributed by atoms with E-state index in [1.165, 1.54) is 11.1 Å². The summed E-state index contributed by atoms with van der Waals surface area (Å²) in [4.78, 5) is 0. The molecule has 0 N–H and O–H groups in total. The molecule has 0 spiro atoms. The van der Waals surface area contributed by atoms with Crippen molar-refractivity contribution in [2.24, 2.45) is 0 Å². The van der Waals surface area contributed by atoms with Gasteiger partial charge in [-0.05, 0) is 25.3 Å². The maximum absolute atomic E-state index is 5.47. The van der Waals surface area contributed by atoms with Crippen LogP contribution in [0.5, 0.6) is 0 Å². The molecule has 0 saturated heterocycles. The van der Waals surface area contributed by atoms with E-state index in [1.54, 1.807) is 0 Å². The Kier molecular flexibility index (Phi) is 2.82. The second-order valence-corrected chi connectivity index (χ2v) is 4.48. The Morgan fingerprint density at radius 1 is 1.12 bits per heavy atom. The van der Waals surface area contributed by atoms with Gasteiger partial charge in [0.05, 0.1) is 5.69 Å². The Bertz CT molecular complexity index is 497. The summed E-state index contributed by atoms with van der Waals surface area (Å²) < 4.78 is 5.47. The molecule has 0 saturated carbocycles. The van der Waals surface area contributed by atoms with Gasteiger partial charge < -0.3 is 4.52 Å². The predicted molar refractivity (Wildman–Crippen MR) is 65.5 cm³/mol. The van der Waals surface area contributed by atoms with Crippen molar-refractivity contribution in [3.63, 3.8) is 0 Å². The Morgan fingerprint density at radius 3 is 2.44 bits per heavy atom. The molecule has 0 aliphatic rings. The van der Waals surface area contributed by atoms with E-state index in [9.17, 15) is 0 Å². The van der Waals surface area contributed by atoms with Crippen LogP contribution in [0.25, 0.3) is 11.3 Å². The zero-order valence-corrected chi connectivity index (χ0v) is 10.2. The minimum Gasteiger partial charge on any atom is -0.356 e. The summed E-state index contributed by atoms with van der Waals surface area (Å²) in [5.74, 6) is 1.35. The van der Waals surface area contributed by atoms with Crippen LogP contribution in [0, 0.1) is 13.8 Å². The minimum atomic E-state index is 0.431. The number of rotatable bonds is 2. The molecule has 0 amide bonds. The van der Waals surface area contributed by atoms with Crippen molar-refractivity contribution in [1.29, 1.82) is 0 Å². The second-order valence-electron chi connectivity index (χ2n) is 4.48. The van der Waals surface area contributed by atoms with Gasteiger partial charge in [0.15, 0.2) is 5.76 Å². The Labute approximate surface area is 96.3 Å². The molecule has 2 aromatic rings. The van der Waals surface area contributed by atoms with Gasteiger partial charge in [-0.2, -0.15) is 0 Å². The fraction of sp³-hybridized carbons (Fsp3) is 0.357. The highest BCUT2D eigenvalue weighted by Crippen LogP contribution is 2.33. The summed E-state index contributed by atoms with van der Waals surface area (Å²) in [6.07, 6.45) is 0. The van der Waals surface area contributed by atoms with Crippen molar-refractivity contribution < 1.29 is 4.52 Å². The van der Waals surface area contributed by atoms with Crippen LogP contribution < -0.4 is 0 Å². The van der Waals surface area contributed by atoms with E-state index in [4.69, 9.17) is 4.52 Å². The molecule has 1 heterocycles. The van der Waals surface area contributed by atoms with Crippen molar-refractivity contribution in [2.45, 2.75) is 33.6 Å². The average Bonchev–Trinajstić information content (AvgIpc) is 2.61. The smallest absolute Gasteiger partial charge is 0.170 e. The summed E-state index contributed by atoms with van der Waals surface area (Å²) in [6.45, 7) is 8.43. The van der Waals surface area contributed by atoms with Gasteiger partial charge in [-0.15, -0.1) is 0 Å². The summed E-state index contributed by atoms with van der Waals surface area (Å²) in [5, 5.41) is 4.08. The van der Waals surface area contributed by atoms with Crippen molar-refractivity contribution in [2.75, 3.05) is 0 Å². The number of benzene rings is 1. The van der Waals surface area contributed by atoms with Crippen LogP contribution in [0.3, 0.4) is 0 Å². The lowest BCUT2D eigenvalue weighted by Gasteiger charge is -2.07. The second kappa shape index (κ2) is 4.12. The van der Waals surface area contributed by atoms with Crippen LogP contribution in [0.2, 0.25) is 0 Å². The van der Waals surface area contributed by atoms with E-state index < -0.39 is 0 Å². The van der Waals surface area contributed by atoms with E-state index in [0.29, 0.717) is 5.92 Å². The number of hydrogen-bond acceptors (Lipinski definition) is 2. The van der Waals surface area contributed by atoms with Crippen molar-refractivity contribution in [3.05, 3.63) is 41.1 Å². The van der Waals surface area contributed by atoms with E-state index in [0.717, 1.165) is 17.0 Å². The fourth-order valence-corrected chi connectivity index (χ4v) is 2.08. The SMILES string of the molecule is Cc1ccccc1-c1onc(C)c1C(C)C. The quantitative estimate of drug-likeness (QED) is 0.754. The highest BCUT2D eigenvalue weighted by Gasteiger charge is 2.18. The standard InChI is InChI=1S/C14H17NO/c1-9(2)13-11(4)15-16-14(13)12-8-6-5-7-10(12)3/h5-9H,1-4H3. The molecule has 1 aromatic carbocycles. The molecule has 0 bridgehead atoms. The van der Waals surface area contributed by atoms with Gasteiger partial charge in [-0.3, -0.25) is 0 Å². The van der Waals surface area contributed by atoms with Crippen LogP contribution in [0.15, 0.2) is 28.8 Å². The first-order chi connectivity index (χ1) is 7.61. The third-order valence-electron chi connectivity index (χ3n) is 2.88. The number of nitrogens with zero attached hydrogens (tertiary/aromatic N) is 1. The van der Waals surface area contributed by atoms with Gasteiger partial charge in [0.2, 0.25) is 0 Å². The van der Waals surface area contributed by atoms with Crippen molar-refractivity contribution in [1.82, 2.24) is 5.16 Å². The van der Waals surface area contributed by atoms with Gasteiger partial charge in [0, 0.05) is 11.1 Å². The molecule has 1 aromatic heterocycles. The monoisotopic (exact) mass is 215 g/mol. The highest BCUT2D eigenvalue weighted by atomic mass is 16.5. The first kappa shape index (κ1) is 10.9. The van der Waals surface area contributed by atoms with Crippen LogP contribution in [0.1, 0.15) is 36.6 Å². The predicted octanol–water partition coefficient (Wildman–Crippen LogP) is 4.08. The van der Waals surface area contributed by atoms with Gasteiger partial charge in [0.1, 0.15) is 0 Å². The van der Waals surface area contributed by atoms with Gasteiger partial charge in [-0.25, -0.2) is 0 Å². The molecule has 2 rings (SSSR count). The number of aryl methyl sites for hydroxylation is 2. The van der Waals surface area contributed by atoms with E-state index >= 15 is 0 Å². The van der Waals surface area contributed by atoms with Crippen molar-refractivity contribution >= 4 is 0 Å². The van der Waals surface area contributed by atoms with E-state index in [-0.39, 0.29) is 0 Å². The lowest BCUT2D eigenvalue weighted by Crippen LogP contribution is -1.92. The lowest BCUT2D eigenvalue weighted by molar-refractivity contribution is 0.426. The summed E-state index contributed by atoms with van der Waals surface area (Å²) in [6, 6.07) is 8.25. The maximum atomic E-state index is 5.47. The minimum absolute atomic E-state index is 0.431. The first-order valence-electron chi connectivity index (χ1n) is 5.63. The fourth-order valence-electron chi connectivity index (χ4n) is 2.08.